The van der Waals surface area contributed by atoms with Gasteiger partial charge in [-0.25, -0.2) is 17.2 Å². The number of benzene rings is 3. The van der Waals surface area contributed by atoms with Crippen LogP contribution >= 0.6 is 11.6 Å². The minimum atomic E-state index is -4.11. The fraction of sp³-hybridized carbons (Fsp3) is 0.174. The number of hydrogen-bond acceptors (Lipinski definition) is 4. The van der Waals surface area contributed by atoms with Gasteiger partial charge in [-0.1, -0.05) is 17.7 Å². The lowest BCUT2D eigenvalue weighted by atomic mass is 10.1. The van der Waals surface area contributed by atoms with Crippen molar-refractivity contribution in [3.63, 3.8) is 0 Å². The van der Waals surface area contributed by atoms with Gasteiger partial charge in [0.15, 0.2) is 11.6 Å². The van der Waals surface area contributed by atoms with E-state index < -0.39 is 33.6 Å². The molecule has 1 atom stereocenters. The molecule has 0 heterocycles. The van der Waals surface area contributed by atoms with Crippen LogP contribution < -0.4 is 9.46 Å². The van der Waals surface area contributed by atoms with Crippen molar-refractivity contribution in [2.24, 2.45) is 0 Å². The van der Waals surface area contributed by atoms with Gasteiger partial charge in [-0.05, 0) is 67.1 Å². The SMILES string of the molecule is COc1ccc(NS(=O)(=O)c2cc(C(=O)N(C)[C@H](C)c3ccc(F)c(F)c3)ccc2Cl)cc1. The van der Waals surface area contributed by atoms with Crippen molar-refractivity contribution in [3.8, 4) is 5.75 Å². The minimum absolute atomic E-state index is 0.0615. The Morgan fingerprint density at radius 3 is 2.30 bits per heavy atom. The van der Waals surface area contributed by atoms with Gasteiger partial charge in [-0.15, -0.1) is 0 Å². The van der Waals surface area contributed by atoms with Crippen molar-refractivity contribution in [3.05, 3.63) is 88.4 Å². The van der Waals surface area contributed by atoms with Gasteiger partial charge in [-0.3, -0.25) is 9.52 Å². The molecule has 3 aromatic carbocycles. The summed E-state index contributed by atoms with van der Waals surface area (Å²) in [5.74, 6) is -1.98. The van der Waals surface area contributed by atoms with E-state index in [0.29, 0.717) is 11.3 Å². The fourth-order valence-corrected chi connectivity index (χ4v) is 4.67. The minimum Gasteiger partial charge on any atom is -0.497 e. The van der Waals surface area contributed by atoms with Gasteiger partial charge < -0.3 is 9.64 Å². The summed E-state index contributed by atoms with van der Waals surface area (Å²) in [6.07, 6.45) is 0. The molecule has 0 radical (unpaired) electrons. The summed E-state index contributed by atoms with van der Waals surface area (Å²) >= 11 is 6.13. The summed E-state index contributed by atoms with van der Waals surface area (Å²) in [5, 5.41) is -0.0659. The number of rotatable bonds is 7. The quantitative estimate of drug-likeness (QED) is 0.486. The van der Waals surface area contributed by atoms with Crippen LogP contribution in [0.2, 0.25) is 5.02 Å². The topological polar surface area (TPSA) is 75.7 Å². The van der Waals surface area contributed by atoms with Crippen LogP contribution in [0, 0.1) is 11.6 Å². The Hall–Kier alpha value is -3.17. The van der Waals surface area contributed by atoms with E-state index in [2.05, 4.69) is 4.72 Å². The van der Waals surface area contributed by atoms with Gasteiger partial charge >= 0.3 is 0 Å². The second-order valence-corrected chi connectivity index (χ2v) is 9.30. The molecule has 6 nitrogen and oxygen atoms in total. The number of amides is 1. The zero-order chi connectivity index (χ0) is 24.3. The number of anilines is 1. The van der Waals surface area contributed by atoms with Crippen LogP contribution in [-0.2, 0) is 10.0 Å². The van der Waals surface area contributed by atoms with E-state index >= 15 is 0 Å². The second kappa shape index (κ2) is 9.76. The number of carbonyl (C=O) groups is 1. The van der Waals surface area contributed by atoms with Crippen molar-refractivity contribution < 1.29 is 26.7 Å². The van der Waals surface area contributed by atoms with E-state index in [-0.39, 0.29) is 21.2 Å². The van der Waals surface area contributed by atoms with Crippen LogP contribution in [0.25, 0.3) is 0 Å². The molecule has 0 fully saturated rings. The third kappa shape index (κ3) is 5.43. The fourth-order valence-electron chi connectivity index (χ4n) is 3.09. The monoisotopic (exact) mass is 494 g/mol. The first-order chi connectivity index (χ1) is 15.5. The highest BCUT2D eigenvalue weighted by Crippen LogP contribution is 2.28. The van der Waals surface area contributed by atoms with E-state index in [0.717, 1.165) is 12.1 Å². The Bertz CT molecular complexity index is 1280. The molecule has 0 aromatic heterocycles. The van der Waals surface area contributed by atoms with Crippen LogP contribution in [0.1, 0.15) is 28.9 Å². The highest BCUT2D eigenvalue weighted by Gasteiger charge is 2.24. The van der Waals surface area contributed by atoms with Crippen LogP contribution in [0.15, 0.2) is 65.6 Å². The Kier molecular flexibility index (Phi) is 7.24. The summed E-state index contributed by atoms with van der Waals surface area (Å²) in [6, 6.07) is 12.9. The Balaban J connectivity index is 1.87. The number of carbonyl (C=O) groups excluding carboxylic acids is 1. The maximum absolute atomic E-state index is 13.6. The molecule has 1 N–H and O–H groups in total. The number of halogens is 3. The van der Waals surface area contributed by atoms with Crippen molar-refractivity contribution in [1.82, 2.24) is 4.90 Å². The summed E-state index contributed by atoms with van der Waals surface area (Å²) < 4.78 is 60.1. The molecular formula is C23H21ClF2N2O4S. The number of methoxy groups -OCH3 is 1. The molecule has 1 amide bonds. The van der Waals surface area contributed by atoms with E-state index in [1.165, 1.54) is 55.5 Å². The lowest BCUT2D eigenvalue weighted by Crippen LogP contribution is -2.30. The van der Waals surface area contributed by atoms with Crippen LogP contribution in [-0.4, -0.2) is 33.4 Å². The van der Waals surface area contributed by atoms with Crippen molar-refractivity contribution in [1.29, 1.82) is 0 Å². The average molecular weight is 495 g/mol. The maximum Gasteiger partial charge on any atom is 0.263 e. The summed E-state index contributed by atoms with van der Waals surface area (Å²) in [6.45, 7) is 1.64. The molecule has 33 heavy (non-hydrogen) atoms. The molecule has 3 rings (SSSR count). The predicted octanol–water partition coefficient (Wildman–Crippen LogP) is 5.26. The van der Waals surface area contributed by atoms with E-state index in [1.807, 2.05) is 0 Å². The number of ether oxygens (including phenoxy) is 1. The highest BCUT2D eigenvalue weighted by molar-refractivity contribution is 7.92. The summed E-state index contributed by atoms with van der Waals surface area (Å²) in [5.41, 5.74) is 0.729. The lowest BCUT2D eigenvalue weighted by molar-refractivity contribution is 0.0742. The molecule has 0 saturated carbocycles. The Morgan fingerprint density at radius 1 is 1.03 bits per heavy atom. The van der Waals surface area contributed by atoms with Crippen LogP contribution in [0.3, 0.4) is 0 Å². The van der Waals surface area contributed by atoms with Crippen molar-refractivity contribution in [2.75, 3.05) is 18.9 Å². The first kappa shape index (κ1) is 24.5. The smallest absolute Gasteiger partial charge is 0.263 e. The predicted molar refractivity (Wildman–Crippen MR) is 122 cm³/mol. The molecule has 0 unspecified atom stereocenters. The zero-order valence-electron chi connectivity index (χ0n) is 18.0. The maximum atomic E-state index is 13.6. The third-order valence-electron chi connectivity index (χ3n) is 5.14. The van der Waals surface area contributed by atoms with Gasteiger partial charge in [-0.2, -0.15) is 0 Å². The molecule has 0 bridgehead atoms. The molecule has 0 aliphatic carbocycles. The number of nitrogens with one attached hydrogen (secondary N) is 1. The second-order valence-electron chi connectivity index (χ2n) is 7.24. The molecule has 3 aromatic rings. The average Bonchev–Trinajstić information content (AvgIpc) is 2.80. The van der Waals surface area contributed by atoms with E-state index in [9.17, 15) is 22.0 Å². The molecular weight excluding hydrogens is 474 g/mol. The highest BCUT2D eigenvalue weighted by atomic mass is 35.5. The van der Waals surface area contributed by atoms with E-state index in [4.69, 9.17) is 16.3 Å². The normalized spacial score (nSPS) is 12.2. The van der Waals surface area contributed by atoms with Gasteiger partial charge in [0, 0.05) is 18.3 Å². The van der Waals surface area contributed by atoms with Crippen LogP contribution in [0.4, 0.5) is 14.5 Å². The molecule has 0 saturated heterocycles. The van der Waals surface area contributed by atoms with E-state index in [1.54, 1.807) is 19.1 Å². The number of sulfonamides is 1. The largest absolute Gasteiger partial charge is 0.497 e. The third-order valence-corrected chi connectivity index (χ3v) is 7.00. The molecule has 0 spiro atoms. The van der Waals surface area contributed by atoms with Crippen LogP contribution in [0.5, 0.6) is 5.75 Å². The van der Waals surface area contributed by atoms with Gasteiger partial charge in [0.2, 0.25) is 0 Å². The lowest BCUT2D eigenvalue weighted by Gasteiger charge is -2.26. The first-order valence-electron chi connectivity index (χ1n) is 9.72. The number of hydrogen-bond donors (Lipinski definition) is 1. The van der Waals surface area contributed by atoms with Gasteiger partial charge in [0.1, 0.15) is 10.6 Å². The summed E-state index contributed by atoms with van der Waals surface area (Å²) in [7, 11) is -1.14. The molecule has 0 aliphatic heterocycles. The first-order valence-corrected chi connectivity index (χ1v) is 11.6. The molecule has 0 aliphatic rings. The molecule has 10 heteroatoms. The Morgan fingerprint density at radius 2 is 1.70 bits per heavy atom. The summed E-state index contributed by atoms with van der Waals surface area (Å²) in [4.78, 5) is 14.0. The van der Waals surface area contributed by atoms with Gasteiger partial charge in [0.05, 0.1) is 18.2 Å². The standard InChI is InChI=1S/C23H21ClF2N2O4S/c1-14(15-5-11-20(25)21(26)12-15)28(2)23(29)16-4-10-19(24)22(13-16)33(30,31)27-17-6-8-18(32-3)9-7-17/h4-14,27H,1-3H3/t14-/m1/s1. The Labute approximate surface area is 195 Å². The van der Waals surface area contributed by atoms with Gasteiger partial charge in [0.25, 0.3) is 15.9 Å². The zero-order valence-corrected chi connectivity index (χ0v) is 19.5. The van der Waals surface area contributed by atoms with Crippen molar-refractivity contribution >= 4 is 33.2 Å². The number of nitrogens with zero attached hydrogens (tertiary/aromatic N) is 1. The molecule has 174 valence electrons. The van der Waals surface area contributed by atoms with Crippen molar-refractivity contribution in [2.45, 2.75) is 17.9 Å².